The van der Waals surface area contributed by atoms with E-state index in [9.17, 15) is 9.18 Å². The van der Waals surface area contributed by atoms with Gasteiger partial charge in [-0.3, -0.25) is 0 Å². The Balaban J connectivity index is 0.000000417. The third kappa shape index (κ3) is 8.22. The molecule has 0 N–H and O–H groups in total. The van der Waals surface area contributed by atoms with Crippen LogP contribution in [0.5, 0.6) is 0 Å². The number of likely N-dealkylation sites (tertiary alicyclic amines) is 1. The number of aromatic nitrogens is 4. The summed E-state index contributed by atoms with van der Waals surface area (Å²) >= 11 is 0. The summed E-state index contributed by atoms with van der Waals surface area (Å²) in [5.74, 6) is 0.359. The van der Waals surface area contributed by atoms with Crippen LogP contribution in [-0.2, 0) is 11.2 Å². The Kier molecular flexibility index (Phi) is 9.86. The number of amides is 1. The van der Waals surface area contributed by atoms with E-state index >= 15 is 0 Å². The minimum Gasteiger partial charge on any atom is -0.444 e. The predicted molar refractivity (Wildman–Crippen MR) is 159 cm³/mol. The number of hydrogen-bond donors (Lipinski definition) is 0. The zero-order valence-corrected chi connectivity index (χ0v) is 24.6. The molecule has 2 aromatic carbocycles. The van der Waals surface area contributed by atoms with Crippen LogP contribution < -0.4 is 0 Å². The van der Waals surface area contributed by atoms with Crippen LogP contribution in [0.1, 0.15) is 71.1 Å². The highest BCUT2D eigenvalue weighted by Gasteiger charge is 2.31. The van der Waals surface area contributed by atoms with Gasteiger partial charge in [-0.2, -0.15) is 5.10 Å². The van der Waals surface area contributed by atoms with Gasteiger partial charge in [0.15, 0.2) is 0 Å². The molecule has 1 fully saturated rings. The van der Waals surface area contributed by atoms with Crippen LogP contribution >= 0.6 is 0 Å². The molecule has 4 aromatic rings. The summed E-state index contributed by atoms with van der Waals surface area (Å²) in [6.07, 6.45) is 6.74. The molecule has 2 aromatic heterocycles. The minimum atomic E-state index is -0.532. The van der Waals surface area contributed by atoms with Crippen molar-refractivity contribution >= 4 is 6.09 Å². The topological polar surface area (TPSA) is 73.1 Å². The lowest BCUT2D eigenvalue weighted by atomic mass is 9.95. The number of halogens is 1. The fourth-order valence-corrected chi connectivity index (χ4v) is 4.87. The lowest BCUT2D eigenvalue weighted by molar-refractivity contribution is 0.0182. The molecule has 216 valence electrons. The van der Waals surface area contributed by atoms with Crippen molar-refractivity contribution in [2.45, 2.75) is 77.9 Å². The van der Waals surface area contributed by atoms with Crippen molar-refractivity contribution < 1.29 is 13.9 Å². The number of hydrogen-bond acceptors (Lipinski definition) is 5. The molecule has 0 aliphatic carbocycles. The van der Waals surface area contributed by atoms with E-state index in [1.54, 1.807) is 35.3 Å². The summed E-state index contributed by atoms with van der Waals surface area (Å²) in [4.78, 5) is 23.4. The quantitative estimate of drug-likeness (QED) is 0.258. The van der Waals surface area contributed by atoms with E-state index in [-0.39, 0.29) is 23.9 Å². The van der Waals surface area contributed by atoms with Crippen molar-refractivity contribution in [2.75, 3.05) is 6.54 Å². The molecular weight excluding hydrogens is 517 g/mol. The summed E-state index contributed by atoms with van der Waals surface area (Å²) in [5, 5.41) is 4.77. The maximum atomic E-state index is 13.4. The van der Waals surface area contributed by atoms with E-state index in [1.807, 2.05) is 37.8 Å². The lowest BCUT2D eigenvalue weighted by Gasteiger charge is -2.30. The van der Waals surface area contributed by atoms with E-state index in [0.29, 0.717) is 12.5 Å². The molecule has 2 unspecified atom stereocenters. The maximum Gasteiger partial charge on any atom is 0.410 e. The van der Waals surface area contributed by atoms with Crippen molar-refractivity contribution in [3.05, 3.63) is 96.2 Å². The number of carbonyl (C=O) groups excluding carboxylic acids is 1. The monoisotopic (exact) mass is 557 g/mol. The second-order valence-electron chi connectivity index (χ2n) is 11.3. The molecule has 3 heterocycles. The van der Waals surface area contributed by atoms with Crippen LogP contribution in [-0.4, -0.2) is 48.9 Å². The van der Waals surface area contributed by atoms with Crippen LogP contribution in [0.15, 0.2) is 79.1 Å². The Labute approximate surface area is 242 Å². The van der Waals surface area contributed by atoms with E-state index in [1.165, 1.54) is 17.7 Å². The highest BCUT2D eigenvalue weighted by atomic mass is 19.1. The first-order valence-corrected chi connectivity index (χ1v) is 14.3. The van der Waals surface area contributed by atoms with Gasteiger partial charge in [0.2, 0.25) is 0 Å². The third-order valence-corrected chi connectivity index (χ3v) is 7.10. The van der Waals surface area contributed by atoms with Crippen LogP contribution in [0, 0.1) is 5.82 Å². The molecule has 5 rings (SSSR count). The average Bonchev–Trinajstić information content (AvgIpc) is 3.31. The number of carbonyl (C=O) groups is 1. The molecule has 0 radical (unpaired) electrons. The normalized spacial score (nSPS) is 17.3. The summed E-state index contributed by atoms with van der Waals surface area (Å²) in [5.41, 5.74) is 3.42. The van der Waals surface area contributed by atoms with Crippen LogP contribution in [0.4, 0.5) is 9.18 Å². The lowest BCUT2D eigenvalue weighted by Crippen LogP contribution is -2.41. The van der Waals surface area contributed by atoms with Gasteiger partial charge in [-0.15, -0.1) is 0 Å². The first kappa shape index (κ1) is 29.9. The first-order valence-electron chi connectivity index (χ1n) is 14.3. The van der Waals surface area contributed by atoms with E-state index < -0.39 is 5.60 Å². The van der Waals surface area contributed by atoms with Crippen LogP contribution in [0.2, 0.25) is 0 Å². The number of rotatable bonds is 4. The highest BCUT2D eigenvalue weighted by Crippen LogP contribution is 2.34. The van der Waals surface area contributed by atoms with Crippen molar-refractivity contribution in [1.82, 2.24) is 24.6 Å². The molecule has 8 heteroatoms. The standard InChI is InChI=1S/C25H30FN5O2.C8H10/c1-17-6-7-19(12-15-30(17)24(32)33-25(2,3)4)22-16-21(18-8-10-20(26)11-9-18)29-31(22)23-27-13-5-14-28-23;1-2-8-6-4-3-5-7-8/h5,8-11,13-14,16-17,19H,6-7,12,15H2,1-4H3;3-7H,2H2,1H3. The summed E-state index contributed by atoms with van der Waals surface area (Å²) < 4.78 is 20.8. The predicted octanol–water partition coefficient (Wildman–Crippen LogP) is 7.61. The Hall–Kier alpha value is -4.07. The van der Waals surface area contributed by atoms with Gasteiger partial charge in [-0.1, -0.05) is 37.3 Å². The molecule has 0 bridgehead atoms. The second kappa shape index (κ2) is 13.5. The summed E-state index contributed by atoms with van der Waals surface area (Å²) in [7, 11) is 0. The molecule has 1 saturated heterocycles. The largest absolute Gasteiger partial charge is 0.444 e. The zero-order valence-electron chi connectivity index (χ0n) is 24.6. The number of ether oxygens (including phenoxy) is 1. The van der Waals surface area contributed by atoms with Crippen LogP contribution in [0.25, 0.3) is 17.2 Å². The number of aryl methyl sites for hydroxylation is 1. The molecular formula is C33H40FN5O2. The fourth-order valence-electron chi connectivity index (χ4n) is 4.87. The third-order valence-electron chi connectivity index (χ3n) is 7.10. The van der Waals surface area contributed by atoms with Gasteiger partial charge in [0.05, 0.1) is 11.4 Å². The van der Waals surface area contributed by atoms with Gasteiger partial charge < -0.3 is 9.64 Å². The Morgan fingerprint density at radius 2 is 1.66 bits per heavy atom. The maximum absolute atomic E-state index is 13.4. The SMILES string of the molecule is CC1CCC(c2cc(-c3ccc(F)cc3)nn2-c2ncccn2)CCN1C(=O)OC(C)(C)C.CCc1ccccc1. The number of benzene rings is 2. The highest BCUT2D eigenvalue weighted by molar-refractivity contribution is 5.68. The molecule has 1 aliphatic rings. The van der Waals surface area contributed by atoms with E-state index in [0.717, 1.165) is 42.6 Å². The van der Waals surface area contributed by atoms with Gasteiger partial charge in [-0.05, 0) is 95.3 Å². The molecule has 1 amide bonds. The Morgan fingerprint density at radius 3 is 2.27 bits per heavy atom. The summed E-state index contributed by atoms with van der Waals surface area (Å²) in [6, 6.07) is 20.6. The number of nitrogens with zero attached hydrogens (tertiary/aromatic N) is 5. The summed E-state index contributed by atoms with van der Waals surface area (Å²) in [6.45, 7) is 10.5. The van der Waals surface area contributed by atoms with Crippen molar-refractivity contribution in [2.24, 2.45) is 0 Å². The van der Waals surface area contributed by atoms with Gasteiger partial charge in [-0.25, -0.2) is 23.8 Å². The van der Waals surface area contributed by atoms with E-state index in [4.69, 9.17) is 9.84 Å². The Bertz CT molecular complexity index is 1380. The van der Waals surface area contributed by atoms with Crippen molar-refractivity contribution in [1.29, 1.82) is 0 Å². The second-order valence-corrected chi connectivity index (χ2v) is 11.3. The van der Waals surface area contributed by atoms with Gasteiger partial charge in [0.1, 0.15) is 11.4 Å². The van der Waals surface area contributed by atoms with E-state index in [2.05, 4.69) is 48.1 Å². The van der Waals surface area contributed by atoms with Gasteiger partial charge >= 0.3 is 6.09 Å². The van der Waals surface area contributed by atoms with Crippen molar-refractivity contribution in [3.8, 4) is 17.2 Å². The molecule has 0 saturated carbocycles. The van der Waals surface area contributed by atoms with Crippen LogP contribution in [0.3, 0.4) is 0 Å². The smallest absolute Gasteiger partial charge is 0.410 e. The van der Waals surface area contributed by atoms with Gasteiger partial charge in [0, 0.05) is 36.5 Å². The van der Waals surface area contributed by atoms with Gasteiger partial charge in [0.25, 0.3) is 5.95 Å². The minimum absolute atomic E-state index is 0.0748. The molecule has 7 nitrogen and oxygen atoms in total. The molecule has 1 aliphatic heterocycles. The van der Waals surface area contributed by atoms with Crippen molar-refractivity contribution in [3.63, 3.8) is 0 Å². The fraction of sp³-hybridized carbons (Fsp3) is 0.394. The zero-order chi connectivity index (χ0) is 29.4. The first-order chi connectivity index (χ1) is 19.6. The Morgan fingerprint density at radius 1 is 0.976 bits per heavy atom. The molecule has 41 heavy (non-hydrogen) atoms. The average molecular weight is 558 g/mol. The molecule has 0 spiro atoms. The molecule has 2 atom stereocenters.